The van der Waals surface area contributed by atoms with Crippen LogP contribution in [0.15, 0.2) is 147 Å². The molecule has 48 heavy (non-hydrogen) atoms. The van der Waals surface area contributed by atoms with Crippen molar-refractivity contribution in [3.63, 3.8) is 0 Å². The first-order valence-corrected chi connectivity index (χ1v) is 16.7. The van der Waals surface area contributed by atoms with Crippen molar-refractivity contribution in [3.05, 3.63) is 149 Å². The first kappa shape index (κ1) is 32.5. The van der Waals surface area contributed by atoms with E-state index in [2.05, 4.69) is 36.9 Å². The number of para-hydroxylation sites is 2. The molecule has 0 saturated carbocycles. The highest BCUT2D eigenvalue weighted by Crippen LogP contribution is 2.28. The lowest BCUT2D eigenvalue weighted by atomic mass is 10.1. The number of halogens is 1. The van der Waals surface area contributed by atoms with Crippen LogP contribution in [0.25, 0.3) is 28.6 Å². The van der Waals surface area contributed by atoms with Gasteiger partial charge in [-0.3, -0.25) is 14.4 Å². The molecule has 0 aliphatic carbocycles. The fourth-order valence-electron chi connectivity index (χ4n) is 4.71. The Balaban J connectivity index is 1.07. The largest absolute Gasteiger partial charge is 0.436 e. The number of benzene rings is 5. The number of rotatable bonds is 10. The van der Waals surface area contributed by atoms with Crippen LogP contribution in [0.5, 0.6) is 0 Å². The second-order valence-electron chi connectivity index (χ2n) is 10.7. The Hall–Kier alpha value is -5.45. The molecule has 5 aromatic carbocycles. The molecule has 6 rings (SSSR count). The molecule has 6 aromatic rings. The SMILES string of the molecule is CC(Sc1ccc(NC(=O)/C(=C/c2cccc(Br)c2)NC(=O)c2ccccc2)cc1)C(=O)Nc1ccc(-c2nc3ccccc3o2)cc1. The molecule has 10 heteroatoms. The molecule has 0 aliphatic heterocycles. The Kier molecular flexibility index (Phi) is 10.1. The highest BCUT2D eigenvalue weighted by molar-refractivity contribution is 9.10. The van der Waals surface area contributed by atoms with Crippen molar-refractivity contribution in [2.45, 2.75) is 17.1 Å². The van der Waals surface area contributed by atoms with Crippen LogP contribution in [0.2, 0.25) is 0 Å². The van der Waals surface area contributed by atoms with Crippen LogP contribution in [-0.2, 0) is 9.59 Å². The summed E-state index contributed by atoms with van der Waals surface area (Å²) < 4.78 is 6.68. The molecule has 3 amide bonds. The number of hydrogen-bond donors (Lipinski definition) is 3. The molecule has 238 valence electrons. The van der Waals surface area contributed by atoms with Crippen LogP contribution in [0.4, 0.5) is 11.4 Å². The van der Waals surface area contributed by atoms with Gasteiger partial charge in [-0.15, -0.1) is 11.8 Å². The molecule has 0 radical (unpaired) electrons. The molecule has 1 aromatic heterocycles. The maximum Gasteiger partial charge on any atom is 0.272 e. The summed E-state index contributed by atoms with van der Waals surface area (Å²) in [6.07, 6.45) is 1.62. The fraction of sp³-hybridized carbons (Fsp3) is 0.0526. The van der Waals surface area contributed by atoms with Crippen molar-refractivity contribution in [1.29, 1.82) is 0 Å². The van der Waals surface area contributed by atoms with Gasteiger partial charge in [0.25, 0.3) is 11.8 Å². The van der Waals surface area contributed by atoms with E-state index >= 15 is 0 Å². The topological polar surface area (TPSA) is 113 Å². The zero-order valence-electron chi connectivity index (χ0n) is 25.6. The van der Waals surface area contributed by atoms with Crippen LogP contribution >= 0.6 is 27.7 Å². The summed E-state index contributed by atoms with van der Waals surface area (Å²) in [5.41, 5.74) is 4.78. The summed E-state index contributed by atoms with van der Waals surface area (Å²) in [6, 6.07) is 38.2. The molecular formula is C38H29BrN4O4S. The number of fused-ring (bicyclic) bond motifs is 1. The van der Waals surface area contributed by atoms with E-state index in [1.807, 2.05) is 97.9 Å². The van der Waals surface area contributed by atoms with Gasteiger partial charge in [0.2, 0.25) is 11.8 Å². The van der Waals surface area contributed by atoms with Gasteiger partial charge in [0, 0.05) is 31.9 Å². The predicted octanol–water partition coefficient (Wildman–Crippen LogP) is 8.79. The van der Waals surface area contributed by atoms with Crippen molar-refractivity contribution in [2.75, 3.05) is 10.6 Å². The summed E-state index contributed by atoms with van der Waals surface area (Å²) in [5.74, 6) is -0.505. The third-order valence-corrected chi connectivity index (χ3v) is 8.78. The van der Waals surface area contributed by atoms with Gasteiger partial charge in [-0.05, 0) is 103 Å². The molecule has 0 saturated heterocycles. The van der Waals surface area contributed by atoms with Gasteiger partial charge >= 0.3 is 0 Å². The van der Waals surface area contributed by atoms with Crippen LogP contribution in [-0.4, -0.2) is 28.0 Å². The predicted molar refractivity (Wildman–Crippen MR) is 194 cm³/mol. The maximum atomic E-state index is 13.4. The first-order chi connectivity index (χ1) is 23.3. The average Bonchev–Trinajstić information content (AvgIpc) is 3.54. The summed E-state index contributed by atoms with van der Waals surface area (Å²) in [6.45, 7) is 1.83. The van der Waals surface area contributed by atoms with Crippen LogP contribution < -0.4 is 16.0 Å². The molecule has 0 aliphatic rings. The highest BCUT2D eigenvalue weighted by atomic mass is 79.9. The number of carbonyl (C=O) groups is 3. The standard InChI is InChI=1S/C38H29BrN4O4S/c1-24(35(44)40-29-16-14-27(15-17-29)38-43-32-12-5-6-13-34(32)47-38)48-31-20-18-30(19-21-31)41-37(46)33(23-25-8-7-11-28(39)22-25)42-36(45)26-9-3-2-4-10-26/h2-24H,1H3,(H,40,44)(H,41,46)(H,42,45)/b33-23-. The van der Waals surface area contributed by atoms with Crippen molar-refractivity contribution in [3.8, 4) is 11.5 Å². The second kappa shape index (κ2) is 15.0. The van der Waals surface area contributed by atoms with Gasteiger partial charge in [-0.2, -0.15) is 0 Å². The van der Waals surface area contributed by atoms with Gasteiger partial charge < -0.3 is 20.4 Å². The normalized spacial score (nSPS) is 11.9. The van der Waals surface area contributed by atoms with E-state index in [9.17, 15) is 14.4 Å². The minimum atomic E-state index is -0.477. The van der Waals surface area contributed by atoms with E-state index < -0.39 is 17.1 Å². The molecule has 8 nitrogen and oxygen atoms in total. The lowest BCUT2D eigenvalue weighted by molar-refractivity contribution is -0.115. The molecular weight excluding hydrogens is 688 g/mol. The highest BCUT2D eigenvalue weighted by Gasteiger charge is 2.17. The second-order valence-corrected chi connectivity index (χ2v) is 13.1. The van der Waals surface area contributed by atoms with Gasteiger partial charge in [0.15, 0.2) is 5.58 Å². The first-order valence-electron chi connectivity index (χ1n) is 15.0. The van der Waals surface area contributed by atoms with E-state index in [1.54, 1.807) is 42.5 Å². The number of anilines is 2. The number of hydrogen-bond acceptors (Lipinski definition) is 6. The van der Waals surface area contributed by atoms with E-state index in [0.717, 1.165) is 31.6 Å². The van der Waals surface area contributed by atoms with Crippen LogP contribution in [0.1, 0.15) is 22.8 Å². The minimum Gasteiger partial charge on any atom is -0.436 e. The van der Waals surface area contributed by atoms with Gasteiger partial charge in [0.05, 0.1) is 5.25 Å². The fourth-order valence-corrected chi connectivity index (χ4v) is 6.00. The lowest BCUT2D eigenvalue weighted by Crippen LogP contribution is -2.30. The van der Waals surface area contributed by atoms with Gasteiger partial charge in [-0.25, -0.2) is 4.98 Å². The van der Waals surface area contributed by atoms with Crippen molar-refractivity contribution < 1.29 is 18.8 Å². The molecule has 3 N–H and O–H groups in total. The Morgan fingerprint density at radius 2 is 1.48 bits per heavy atom. The molecule has 0 bridgehead atoms. The zero-order chi connectivity index (χ0) is 33.5. The average molecular weight is 718 g/mol. The molecule has 0 fully saturated rings. The monoisotopic (exact) mass is 716 g/mol. The Labute approximate surface area is 289 Å². The van der Waals surface area contributed by atoms with Crippen molar-refractivity contribution in [2.24, 2.45) is 0 Å². The van der Waals surface area contributed by atoms with Gasteiger partial charge in [-0.1, -0.05) is 58.4 Å². The number of thioether (sulfide) groups is 1. The quantitative estimate of drug-likeness (QED) is 0.0965. The molecule has 1 heterocycles. The van der Waals surface area contributed by atoms with E-state index in [0.29, 0.717) is 22.8 Å². The van der Waals surface area contributed by atoms with Crippen LogP contribution in [0, 0.1) is 0 Å². The molecule has 0 spiro atoms. The Bertz CT molecular complexity index is 2080. The smallest absolute Gasteiger partial charge is 0.272 e. The third-order valence-electron chi connectivity index (χ3n) is 7.18. The molecule has 1 atom stereocenters. The summed E-state index contributed by atoms with van der Waals surface area (Å²) >= 11 is 4.84. The third kappa shape index (κ3) is 8.28. The Morgan fingerprint density at radius 1 is 0.792 bits per heavy atom. The zero-order valence-corrected chi connectivity index (χ0v) is 28.0. The van der Waals surface area contributed by atoms with Crippen molar-refractivity contribution >= 4 is 74.0 Å². The number of nitrogens with zero attached hydrogens (tertiary/aromatic N) is 1. The van der Waals surface area contributed by atoms with E-state index in [-0.39, 0.29) is 11.6 Å². The number of aromatic nitrogens is 1. The molecule has 1 unspecified atom stereocenters. The lowest BCUT2D eigenvalue weighted by Gasteiger charge is -2.14. The number of oxazole rings is 1. The summed E-state index contributed by atoms with van der Waals surface area (Å²) in [4.78, 5) is 44.6. The maximum absolute atomic E-state index is 13.4. The van der Waals surface area contributed by atoms with Gasteiger partial charge in [0.1, 0.15) is 11.2 Å². The minimum absolute atomic E-state index is 0.0904. The number of amides is 3. The number of carbonyl (C=O) groups excluding carboxylic acids is 3. The summed E-state index contributed by atoms with van der Waals surface area (Å²) in [7, 11) is 0. The number of nitrogens with one attached hydrogen (secondary N) is 3. The summed E-state index contributed by atoms with van der Waals surface area (Å²) in [5, 5.41) is 8.17. The van der Waals surface area contributed by atoms with Crippen molar-refractivity contribution in [1.82, 2.24) is 10.3 Å². The van der Waals surface area contributed by atoms with E-state index in [4.69, 9.17) is 4.42 Å². The van der Waals surface area contributed by atoms with E-state index in [1.165, 1.54) is 11.8 Å². The Morgan fingerprint density at radius 3 is 2.21 bits per heavy atom. The van der Waals surface area contributed by atoms with Crippen LogP contribution in [0.3, 0.4) is 0 Å².